The van der Waals surface area contributed by atoms with Crippen LogP contribution in [0.1, 0.15) is 40.5 Å². The summed E-state index contributed by atoms with van der Waals surface area (Å²) in [6, 6.07) is 0. The summed E-state index contributed by atoms with van der Waals surface area (Å²) in [5.74, 6) is 2.08. The van der Waals surface area contributed by atoms with Gasteiger partial charge in [-0.3, -0.25) is 0 Å². The van der Waals surface area contributed by atoms with Gasteiger partial charge in [0, 0.05) is 5.92 Å². The molecule has 0 bridgehead atoms. The first kappa shape index (κ1) is 14.9. The van der Waals surface area contributed by atoms with Crippen molar-refractivity contribution in [1.29, 1.82) is 0 Å². The van der Waals surface area contributed by atoms with Crippen LogP contribution in [0, 0.1) is 11.8 Å². The van der Waals surface area contributed by atoms with Crippen molar-refractivity contribution in [3.63, 3.8) is 0 Å². The Labute approximate surface area is 123 Å². The van der Waals surface area contributed by atoms with Gasteiger partial charge in [0.25, 0.3) is 0 Å². The number of rotatable bonds is 2. The number of hydrogen-bond acceptors (Lipinski definition) is 1. The molecule has 0 aromatic carbocycles. The Kier molecular flexibility index (Phi) is 4.69. The van der Waals surface area contributed by atoms with Crippen LogP contribution in [0.3, 0.4) is 0 Å². The van der Waals surface area contributed by atoms with Crippen molar-refractivity contribution in [1.82, 2.24) is 0 Å². The predicted molar refractivity (Wildman–Crippen MR) is 86.3 cm³/mol. The van der Waals surface area contributed by atoms with Gasteiger partial charge in [-0.1, -0.05) is 41.0 Å². The van der Waals surface area contributed by atoms with Gasteiger partial charge in [-0.2, -0.15) is 0 Å². The van der Waals surface area contributed by atoms with Gasteiger partial charge in [0.05, 0.1) is 7.11 Å². The van der Waals surface area contributed by atoms with Gasteiger partial charge in [0.15, 0.2) is 0 Å². The quantitative estimate of drug-likeness (QED) is 0.615. The van der Waals surface area contributed by atoms with Crippen molar-refractivity contribution in [3.8, 4) is 0 Å². The third-order valence-corrected chi connectivity index (χ3v) is 4.34. The first-order chi connectivity index (χ1) is 9.52. The second-order valence-corrected chi connectivity index (χ2v) is 6.21. The van der Waals surface area contributed by atoms with Crippen LogP contribution in [0.2, 0.25) is 0 Å². The Morgan fingerprint density at radius 1 is 1.05 bits per heavy atom. The van der Waals surface area contributed by atoms with Gasteiger partial charge in [0.1, 0.15) is 5.76 Å². The number of hydrogen-bond donors (Lipinski definition) is 0. The highest BCUT2D eigenvalue weighted by Gasteiger charge is 2.25. The Balaban J connectivity index is 2.45. The van der Waals surface area contributed by atoms with E-state index in [0.717, 1.165) is 18.6 Å². The van der Waals surface area contributed by atoms with Crippen molar-refractivity contribution in [2.75, 3.05) is 7.11 Å². The maximum absolute atomic E-state index is 5.70. The van der Waals surface area contributed by atoms with Crippen LogP contribution < -0.4 is 0 Å². The fraction of sp³-hybridized carbons (Fsp3) is 0.474. The largest absolute Gasteiger partial charge is 0.497 e. The van der Waals surface area contributed by atoms with Gasteiger partial charge in [-0.05, 0) is 58.1 Å². The SMILES string of the molecule is COC1=CC(C2C=CC=C2)CC(=C(C)C)CC1=C(C)C. The van der Waals surface area contributed by atoms with Gasteiger partial charge in [-0.25, -0.2) is 0 Å². The van der Waals surface area contributed by atoms with Crippen LogP contribution >= 0.6 is 0 Å². The minimum Gasteiger partial charge on any atom is -0.497 e. The van der Waals surface area contributed by atoms with E-state index in [-0.39, 0.29) is 0 Å². The molecule has 1 heteroatoms. The number of ether oxygens (including phenoxy) is 1. The van der Waals surface area contributed by atoms with E-state index in [1.165, 1.54) is 16.7 Å². The molecule has 108 valence electrons. The van der Waals surface area contributed by atoms with Crippen LogP contribution in [0.15, 0.2) is 58.4 Å². The molecule has 0 aliphatic heterocycles. The summed E-state index contributed by atoms with van der Waals surface area (Å²) in [4.78, 5) is 0. The summed E-state index contributed by atoms with van der Waals surface area (Å²) in [5.41, 5.74) is 5.72. The van der Waals surface area contributed by atoms with Crippen LogP contribution in [0.4, 0.5) is 0 Å². The second-order valence-electron chi connectivity index (χ2n) is 6.21. The molecule has 0 aromatic heterocycles. The second kappa shape index (κ2) is 6.30. The van der Waals surface area contributed by atoms with Crippen LogP contribution in [-0.4, -0.2) is 7.11 Å². The first-order valence-electron chi connectivity index (χ1n) is 7.45. The average Bonchev–Trinajstić information content (AvgIpc) is 2.85. The lowest BCUT2D eigenvalue weighted by atomic mass is 9.86. The molecular formula is C19H26O. The van der Waals surface area contributed by atoms with Crippen LogP contribution in [-0.2, 0) is 4.74 Å². The molecule has 1 unspecified atom stereocenters. The Hall–Kier alpha value is -1.50. The average molecular weight is 270 g/mol. The van der Waals surface area contributed by atoms with Crippen LogP contribution in [0.25, 0.3) is 0 Å². The molecule has 2 aliphatic carbocycles. The van der Waals surface area contributed by atoms with E-state index in [0.29, 0.717) is 11.8 Å². The molecule has 20 heavy (non-hydrogen) atoms. The molecule has 0 N–H and O–H groups in total. The molecule has 0 spiro atoms. The van der Waals surface area contributed by atoms with Gasteiger partial charge < -0.3 is 4.74 Å². The van der Waals surface area contributed by atoms with Gasteiger partial charge in [-0.15, -0.1) is 0 Å². The highest BCUT2D eigenvalue weighted by molar-refractivity contribution is 5.39. The van der Waals surface area contributed by atoms with E-state index in [1.807, 2.05) is 0 Å². The predicted octanol–water partition coefficient (Wildman–Crippen LogP) is 5.34. The Morgan fingerprint density at radius 3 is 2.20 bits per heavy atom. The van der Waals surface area contributed by atoms with E-state index in [4.69, 9.17) is 4.74 Å². The minimum atomic E-state index is 0.502. The van der Waals surface area contributed by atoms with E-state index in [2.05, 4.69) is 58.1 Å². The van der Waals surface area contributed by atoms with Gasteiger partial charge >= 0.3 is 0 Å². The topological polar surface area (TPSA) is 9.23 Å². The van der Waals surface area contributed by atoms with Crippen molar-refractivity contribution >= 4 is 0 Å². The lowest BCUT2D eigenvalue weighted by Gasteiger charge is -2.18. The fourth-order valence-electron chi connectivity index (χ4n) is 2.99. The zero-order chi connectivity index (χ0) is 14.7. The first-order valence-corrected chi connectivity index (χ1v) is 7.45. The third kappa shape index (κ3) is 3.15. The fourth-order valence-corrected chi connectivity index (χ4v) is 2.99. The maximum Gasteiger partial charge on any atom is 0.118 e. The van der Waals surface area contributed by atoms with Gasteiger partial charge in [0.2, 0.25) is 0 Å². The molecule has 0 aromatic rings. The zero-order valence-electron chi connectivity index (χ0n) is 13.4. The molecule has 0 amide bonds. The Bertz CT molecular complexity index is 506. The van der Waals surface area contributed by atoms with E-state index in [9.17, 15) is 0 Å². The number of allylic oxidation sites excluding steroid dienone is 9. The molecule has 1 atom stereocenters. The number of methoxy groups -OCH3 is 1. The highest BCUT2D eigenvalue weighted by atomic mass is 16.5. The molecule has 0 heterocycles. The zero-order valence-corrected chi connectivity index (χ0v) is 13.4. The molecule has 0 radical (unpaired) electrons. The molecule has 2 rings (SSSR count). The third-order valence-electron chi connectivity index (χ3n) is 4.34. The summed E-state index contributed by atoms with van der Waals surface area (Å²) in [7, 11) is 1.79. The molecule has 0 saturated carbocycles. The summed E-state index contributed by atoms with van der Waals surface area (Å²) in [6.07, 6.45) is 13.4. The highest BCUT2D eigenvalue weighted by Crippen LogP contribution is 2.38. The smallest absolute Gasteiger partial charge is 0.118 e. The minimum absolute atomic E-state index is 0.502. The summed E-state index contributed by atoms with van der Waals surface area (Å²) in [5, 5.41) is 0. The summed E-state index contributed by atoms with van der Waals surface area (Å²) in [6.45, 7) is 8.82. The normalized spacial score (nSPS) is 22.9. The Morgan fingerprint density at radius 2 is 1.70 bits per heavy atom. The molecule has 0 fully saturated rings. The maximum atomic E-state index is 5.70. The van der Waals surface area contributed by atoms with Crippen molar-refractivity contribution in [3.05, 3.63) is 58.4 Å². The van der Waals surface area contributed by atoms with E-state index >= 15 is 0 Å². The van der Waals surface area contributed by atoms with E-state index in [1.54, 1.807) is 12.7 Å². The molecule has 0 saturated heterocycles. The monoisotopic (exact) mass is 270 g/mol. The molecule has 2 aliphatic rings. The summed E-state index contributed by atoms with van der Waals surface area (Å²) < 4.78 is 5.70. The van der Waals surface area contributed by atoms with Crippen molar-refractivity contribution in [2.24, 2.45) is 11.8 Å². The van der Waals surface area contributed by atoms with E-state index < -0.39 is 0 Å². The van der Waals surface area contributed by atoms with Crippen molar-refractivity contribution in [2.45, 2.75) is 40.5 Å². The molecule has 1 nitrogen and oxygen atoms in total. The summed E-state index contributed by atoms with van der Waals surface area (Å²) >= 11 is 0. The standard InChI is InChI=1S/C19H26O/c1-13(2)16-10-17(15-8-6-7-9-15)12-19(20-5)18(11-16)14(3)4/h6-9,12,15,17H,10-11H2,1-5H3. The lowest BCUT2D eigenvalue weighted by Crippen LogP contribution is -2.08. The molecular weight excluding hydrogens is 244 g/mol. The van der Waals surface area contributed by atoms with Crippen LogP contribution in [0.5, 0.6) is 0 Å². The van der Waals surface area contributed by atoms with Crippen molar-refractivity contribution < 1.29 is 4.74 Å². The lowest BCUT2D eigenvalue weighted by molar-refractivity contribution is 0.295.